The van der Waals surface area contributed by atoms with Crippen molar-refractivity contribution in [3.8, 4) is 0 Å². The van der Waals surface area contributed by atoms with Crippen molar-refractivity contribution >= 4 is 12.2 Å². The molecular formula is C5H8N2S. The molecule has 0 saturated carbocycles. The third-order valence-electron chi connectivity index (χ3n) is 1.23. The molecule has 0 N–H and O–H groups in total. The normalized spacial score (nSPS) is 9.75. The molecule has 0 saturated heterocycles. The minimum Gasteiger partial charge on any atom is -0.295 e. The number of hydrogen-bond acceptors (Lipinski definition) is 1. The van der Waals surface area contributed by atoms with Crippen molar-refractivity contribution in [1.82, 2.24) is 9.36 Å². The van der Waals surface area contributed by atoms with E-state index in [-0.39, 0.29) is 0 Å². The topological polar surface area (TPSA) is 9.86 Å². The maximum Gasteiger partial charge on any atom is 0.121 e. The van der Waals surface area contributed by atoms with Crippen LogP contribution in [0.3, 0.4) is 0 Å². The Hall–Kier alpha value is -0.570. The van der Waals surface area contributed by atoms with Gasteiger partial charge in [0, 0.05) is 20.3 Å². The summed E-state index contributed by atoms with van der Waals surface area (Å²) in [6.07, 6.45) is 1.93. The zero-order chi connectivity index (χ0) is 6.15. The Balaban J connectivity index is 3.41. The highest BCUT2D eigenvalue weighted by atomic mass is 32.1. The van der Waals surface area contributed by atoms with Crippen molar-refractivity contribution in [2.75, 3.05) is 0 Å². The monoisotopic (exact) mass is 128 g/mol. The van der Waals surface area contributed by atoms with E-state index in [1.807, 2.05) is 35.7 Å². The zero-order valence-corrected chi connectivity index (χ0v) is 5.77. The van der Waals surface area contributed by atoms with Gasteiger partial charge in [-0.25, -0.2) is 0 Å². The van der Waals surface area contributed by atoms with E-state index in [9.17, 15) is 0 Å². The largest absolute Gasteiger partial charge is 0.295 e. The predicted molar refractivity (Wildman–Crippen MR) is 35.2 cm³/mol. The molecule has 1 heterocycles. The molecule has 0 fully saturated rings. The van der Waals surface area contributed by atoms with Crippen molar-refractivity contribution in [2.24, 2.45) is 14.1 Å². The molecule has 0 bridgehead atoms. The summed E-state index contributed by atoms with van der Waals surface area (Å²) in [5.41, 5.74) is 0. The molecule has 0 atom stereocenters. The zero-order valence-electron chi connectivity index (χ0n) is 4.96. The van der Waals surface area contributed by atoms with Crippen molar-refractivity contribution in [2.45, 2.75) is 0 Å². The fraction of sp³-hybridized carbons (Fsp3) is 0.400. The van der Waals surface area contributed by atoms with Crippen LogP contribution in [0.25, 0.3) is 0 Å². The third kappa shape index (κ3) is 0.690. The van der Waals surface area contributed by atoms with Crippen LogP contribution in [0.5, 0.6) is 0 Å². The van der Waals surface area contributed by atoms with Crippen molar-refractivity contribution < 1.29 is 0 Å². The fourth-order valence-corrected chi connectivity index (χ4v) is 0.725. The van der Waals surface area contributed by atoms with Gasteiger partial charge in [0.05, 0.1) is 0 Å². The highest BCUT2D eigenvalue weighted by molar-refractivity contribution is 7.71. The van der Waals surface area contributed by atoms with Crippen LogP contribution >= 0.6 is 12.2 Å². The number of aryl methyl sites for hydroxylation is 1. The van der Waals surface area contributed by atoms with Gasteiger partial charge in [0.1, 0.15) is 4.64 Å². The molecule has 1 aromatic rings. The summed E-state index contributed by atoms with van der Waals surface area (Å²) in [6.45, 7) is 0. The first kappa shape index (κ1) is 5.56. The van der Waals surface area contributed by atoms with E-state index in [1.165, 1.54) is 0 Å². The van der Waals surface area contributed by atoms with E-state index in [0.29, 0.717) is 0 Å². The lowest BCUT2D eigenvalue weighted by Gasteiger charge is -1.96. The lowest BCUT2D eigenvalue weighted by molar-refractivity contribution is 0.589. The maximum atomic E-state index is 4.92. The molecule has 0 aliphatic carbocycles. The summed E-state index contributed by atoms with van der Waals surface area (Å²) in [4.78, 5) is 0. The summed E-state index contributed by atoms with van der Waals surface area (Å²) in [5, 5.41) is 0. The van der Waals surface area contributed by atoms with Crippen molar-refractivity contribution in [1.29, 1.82) is 0 Å². The molecule has 1 aromatic heterocycles. The lowest BCUT2D eigenvalue weighted by atomic mass is 10.7. The van der Waals surface area contributed by atoms with Gasteiger partial charge >= 0.3 is 0 Å². The molecule has 0 unspecified atom stereocenters. The Morgan fingerprint density at radius 2 is 2.12 bits per heavy atom. The molecule has 0 radical (unpaired) electrons. The van der Waals surface area contributed by atoms with Crippen LogP contribution in [0.2, 0.25) is 0 Å². The smallest absolute Gasteiger partial charge is 0.121 e. The van der Waals surface area contributed by atoms with Gasteiger partial charge < -0.3 is 0 Å². The summed E-state index contributed by atoms with van der Waals surface area (Å²) in [6, 6.07) is 1.90. The SMILES string of the molecule is Cn1ccc(=S)n1C. The lowest BCUT2D eigenvalue weighted by Crippen LogP contribution is -2.01. The molecule has 0 aliphatic rings. The van der Waals surface area contributed by atoms with Gasteiger partial charge in [0.25, 0.3) is 0 Å². The summed E-state index contributed by atoms with van der Waals surface area (Å²) < 4.78 is 4.70. The first-order valence-corrected chi connectivity index (χ1v) is 2.81. The van der Waals surface area contributed by atoms with E-state index >= 15 is 0 Å². The van der Waals surface area contributed by atoms with Gasteiger partial charge in [0.2, 0.25) is 0 Å². The third-order valence-corrected chi connectivity index (χ3v) is 1.63. The van der Waals surface area contributed by atoms with Crippen LogP contribution < -0.4 is 0 Å². The second kappa shape index (κ2) is 1.74. The van der Waals surface area contributed by atoms with E-state index in [0.717, 1.165) is 4.64 Å². The Kier molecular flexibility index (Phi) is 1.21. The molecule has 0 aromatic carbocycles. The molecule has 0 spiro atoms. The number of rotatable bonds is 0. The van der Waals surface area contributed by atoms with Crippen molar-refractivity contribution in [3.63, 3.8) is 0 Å². The average molecular weight is 128 g/mol. The predicted octanol–water partition coefficient (Wildman–Crippen LogP) is 1.09. The highest BCUT2D eigenvalue weighted by Crippen LogP contribution is 1.88. The van der Waals surface area contributed by atoms with Gasteiger partial charge in [-0.3, -0.25) is 9.36 Å². The Morgan fingerprint density at radius 3 is 2.25 bits per heavy atom. The van der Waals surface area contributed by atoms with Gasteiger partial charge in [0.15, 0.2) is 0 Å². The van der Waals surface area contributed by atoms with E-state index in [1.54, 1.807) is 0 Å². The van der Waals surface area contributed by atoms with Crippen LogP contribution in [0.15, 0.2) is 12.3 Å². The quantitative estimate of drug-likeness (QED) is 0.475. The Morgan fingerprint density at radius 1 is 1.50 bits per heavy atom. The minimum absolute atomic E-state index is 0.868. The van der Waals surface area contributed by atoms with Gasteiger partial charge in [-0.15, -0.1) is 0 Å². The van der Waals surface area contributed by atoms with E-state index in [2.05, 4.69) is 0 Å². The van der Waals surface area contributed by atoms with Gasteiger partial charge in [-0.05, 0) is 6.07 Å². The fourth-order valence-electron chi connectivity index (χ4n) is 0.535. The maximum absolute atomic E-state index is 4.92. The molecular weight excluding hydrogens is 120 g/mol. The van der Waals surface area contributed by atoms with Crippen LogP contribution in [-0.4, -0.2) is 9.36 Å². The number of hydrogen-bond donors (Lipinski definition) is 0. The summed E-state index contributed by atoms with van der Waals surface area (Å²) >= 11 is 4.92. The average Bonchev–Trinajstić information content (AvgIpc) is 1.98. The molecule has 44 valence electrons. The van der Waals surface area contributed by atoms with Crippen LogP contribution in [0, 0.1) is 4.64 Å². The van der Waals surface area contributed by atoms with Gasteiger partial charge in [-0.1, -0.05) is 12.2 Å². The van der Waals surface area contributed by atoms with Crippen LogP contribution in [0.1, 0.15) is 0 Å². The molecule has 8 heavy (non-hydrogen) atoms. The van der Waals surface area contributed by atoms with E-state index < -0.39 is 0 Å². The molecule has 0 aliphatic heterocycles. The van der Waals surface area contributed by atoms with Crippen LogP contribution in [0.4, 0.5) is 0 Å². The first-order chi connectivity index (χ1) is 3.72. The highest BCUT2D eigenvalue weighted by Gasteiger charge is 1.84. The Labute approximate surface area is 53.3 Å². The minimum atomic E-state index is 0.868. The standard InChI is InChI=1S/C5H8N2S/c1-6-4-3-5(8)7(6)2/h3-4H,1-2H3. The second-order valence-electron chi connectivity index (χ2n) is 1.75. The second-order valence-corrected chi connectivity index (χ2v) is 2.17. The Bertz CT molecular complexity index is 233. The first-order valence-electron chi connectivity index (χ1n) is 2.40. The molecule has 0 amide bonds. The molecule has 1 rings (SSSR count). The number of nitrogens with zero attached hydrogens (tertiary/aromatic N) is 2. The van der Waals surface area contributed by atoms with Gasteiger partial charge in [-0.2, -0.15) is 0 Å². The molecule has 3 heteroatoms. The van der Waals surface area contributed by atoms with Crippen molar-refractivity contribution in [3.05, 3.63) is 16.9 Å². The van der Waals surface area contributed by atoms with E-state index in [4.69, 9.17) is 12.2 Å². The van der Waals surface area contributed by atoms with Crippen LogP contribution in [-0.2, 0) is 14.1 Å². The summed E-state index contributed by atoms with van der Waals surface area (Å²) in [5.74, 6) is 0. The summed E-state index contributed by atoms with van der Waals surface area (Å²) in [7, 11) is 3.89. The number of aromatic nitrogens is 2. The molecule has 2 nitrogen and oxygen atoms in total.